The van der Waals surface area contributed by atoms with Gasteiger partial charge in [-0.3, -0.25) is 4.90 Å². The number of hydrogen-bond donors (Lipinski definition) is 2. The first-order valence-electron chi connectivity index (χ1n) is 13.2. The number of aromatic nitrogens is 2. The SMILES string of the molecule is CCOC(=O)N1CCN(c2ccc(Nc3ncc(F)c(NC4CCN(Cc5ccccc5)C4)n3)cc2)CC1. The number of nitrogens with one attached hydrogen (secondary N) is 2. The van der Waals surface area contributed by atoms with Gasteiger partial charge in [-0.15, -0.1) is 0 Å². The fourth-order valence-electron chi connectivity index (χ4n) is 4.90. The van der Waals surface area contributed by atoms with Crippen molar-refractivity contribution in [3.05, 3.63) is 72.2 Å². The van der Waals surface area contributed by atoms with Crippen molar-refractivity contribution in [2.45, 2.75) is 25.9 Å². The van der Waals surface area contributed by atoms with Crippen LogP contribution in [0.25, 0.3) is 0 Å². The molecule has 0 saturated carbocycles. The maximum Gasteiger partial charge on any atom is 0.409 e. The Morgan fingerprint density at radius 1 is 1.05 bits per heavy atom. The van der Waals surface area contributed by atoms with E-state index < -0.39 is 5.82 Å². The number of hydrogen-bond acceptors (Lipinski definition) is 8. The molecule has 2 N–H and O–H groups in total. The second kappa shape index (κ2) is 12.1. The summed E-state index contributed by atoms with van der Waals surface area (Å²) in [5, 5.41) is 6.45. The molecule has 2 aromatic carbocycles. The van der Waals surface area contributed by atoms with Crippen LogP contribution in [0.1, 0.15) is 18.9 Å². The zero-order valence-corrected chi connectivity index (χ0v) is 21.6. The van der Waals surface area contributed by atoms with Crippen molar-refractivity contribution in [2.75, 3.05) is 61.4 Å². The van der Waals surface area contributed by atoms with E-state index in [1.54, 1.807) is 4.90 Å². The maximum absolute atomic E-state index is 14.5. The first-order chi connectivity index (χ1) is 18.6. The topological polar surface area (TPSA) is 85.9 Å². The number of amides is 1. The third-order valence-corrected chi connectivity index (χ3v) is 6.90. The highest BCUT2D eigenvalue weighted by Crippen LogP contribution is 2.23. The van der Waals surface area contributed by atoms with E-state index in [9.17, 15) is 9.18 Å². The molecule has 0 aliphatic carbocycles. The third kappa shape index (κ3) is 6.49. The second-order valence-electron chi connectivity index (χ2n) is 9.59. The molecule has 2 saturated heterocycles. The number of benzene rings is 2. The van der Waals surface area contributed by atoms with E-state index in [1.807, 2.05) is 49.4 Å². The van der Waals surface area contributed by atoms with Crippen LogP contribution in [0.15, 0.2) is 60.8 Å². The molecule has 10 heteroatoms. The molecular formula is C28H34FN7O2. The molecule has 200 valence electrons. The number of carbonyl (C=O) groups excluding carboxylic acids is 1. The molecule has 1 atom stereocenters. The first kappa shape index (κ1) is 25.7. The second-order valence-corrected chi connectivity index (χ2v) is 9.59. The fourth-order valence-corrected chi connectivity index (χ4v) is 4.90. The lowest BCUT2D eigenvalue weighted by molar-refractivity contribution is 0.105. The summed E-state index contributed by atoms with van der Waals surface area (Å²) >= 11 is 0. The van der Waals surface area contributed by atoms with Crippen LogP contribution in [-0.2, 0) is 11.3 Å². The average molecular weight is 520 g/mol. The Morgan fingerprint density at radius 2 is 1.82 bits per heavy atom. The highest BCUT2D eigenvalue weighted by Gasteiger charge is 2.24. The van der Waals surface area contributed by atoms with Gasteiger partial charge in [0.1, 0.15) is 0 Å². The van der Waals surface area contributed by atoms with Crippen LogP contribution in [0.4, 0.5) is 32.3 Å². The van der Waals surface area contributed by atoms with E-state index in [2.05, 4.69) is 42.5 Å². The van der Waals surface area contributed by atoms with Crippen molar-refractivity contribution in [3.8, 4) is 0 Å². The molecule has 3 heterocycles. The first-order valence-corrected chi connectivity index (χ1v) is 13.2. The molecule has 3 aromatic rings. The van der Waals surface area contributed by atoms with Gasteiger partial charge >= 0.3 is 6.09 Å². The van der Waals surface area contributed by atoms with Crippen LogP contribution in [0.2, 0.25) is 0 Å². The van der Waals surface area contributed by atoms with Crippen LogP contribution < -0.4 is 15.5 Å². The number of anilines is 4. The number of piperazine rings is 1. The Hall–Kier alpha value is -3.92. The Bertz CT molecular complexity index is 1200. The number of rotatable bonds is 8. The van der Waals surface area contributed by atoms with E-state index in [0.717, 1.165) is 50.5 Å². The molecule has 2 aliphatic heterocycles. The Kier molecular flexibility index (Phi) is 8.18. The quantitative estimate of drug-likeness (QED) is 0.455. The molecule has 2 aliphatic rings. The molecule has 0 spiro atoms. The largest absolute Gasteiger partial charge is 0.450 e. The van der Waals surface area contributed by atoms with Crippen molar-refractivity contribution in [1.29, 1.82) is 0 Å². The lowest BCUT2D eigenvalue weighted by atomic mass is 10.2. The van der Waals surface area contributed by atoms with Crippen molar-refractivity contribution >= 4 is 29.2 Å². The molecule has 0 bridgehead atoms. The van der Waals surface area contributed by atoms with Crippen molar-refractivity contribution in [1.82, 2.24) is 19.8 Å². The molecular weight excluding hydrogens is 485 g/mol. The van der Waals surface area contributed by atoms with Crippen molar-refractivity contribution in [3.63, 3.8) is 0 Å². The maximum atomic E-state index is 14.5. The van der Waals surface area contributed by atoms with Gasteiger partial charge < -0.3 is 25.2 Å². The summed E-state index contributed by atoms with van der Waals surface area (Å²) in [5.74, 6) is 0.0864. The van der Waals surface area contributed by atoms with E-state index >= 15 is 0 Å². The lowest BCUT2D eigenvalue weighted by Crippen LogP contribution is -2.49. The zero-order chi connectivity index (χ0) is 26.3. The molecule has 0 radical (unpaired) electrons. The van der Waals surface area contributed by atoms with Gasteiger partial charge in [-0.05, 0) is 43.2 Å². The minimum absolute atomic E-state index is 0.125. The predicted molar refractivity (Wildman–Crippen MR) is 146 cm³/mol. The highest BCUT2D eigenvalue weighted by molar-refractivity contribution is 5.68. The minimum atomic E-state index is -0.464. The van der Waals surface area contributed by atoms with Gasteiger partial charge in [-0.1, -0.05) is 30.3 Å². The normalized spacial score (nSPS) is 17.9. The number of ether oxygens (including phenoxy) is 1. The summed E-state index contributed by atoms with van der Waals surface area (Å²) in [7, 11) is 0. The predicted octanol–water partition coefficient (Wildman–Crippen LogP) is 4.32. The van der Waals surface area contributed by atoms with Crippen LogP contribution in [0.3, 0.4) is 0 Å². The number of likely N-dealkylation sites (tertiary alicyclic amines) is 1. The van der Waals surface area contributed by atoms with Crippen LogP contribution in [0.5, 0.6) is 0 Å². The summed E-state index contributed by atoms with van der Waals surface area (Å²) in [5.41, 5.74) is 3.16. The van der Waals surface area contributed by atoms with E-state index in [-0.39, 0.29) is 18.0 Å². The minimum Gasteiger partial charge on any atom is -0.450 e. The monoisotopic (exact) mass is 519 g/mol. The van der Waals surface area contributed by atoms with Gasteiger partial charge in [0.05, 0.1) is 12.8 Å². The summed E-state index contributed by atoms with van der Waals surface area (Å²) in [6.45, 7) is 7.61. The van der Waals surface area contributed by atoms with Gasteiger partial charge in [0.15, 0.2) is 11.6 Å². The third-order valence-electron chi connectivity index (χ3n) is 6.90. The smallest absolute Gasteiger partial charge is 0.409 e. The lowest BCUT2D eigenvalue weighted by Gasteiger charge is -2.35. The summed E-state index contributed by atoms with van der Waals surface area (Å²) in [4.78, 5) is 26.8. The molecule has 9 nitrogen and oxygen atoms in total. The highest BCUT2D eigenvalue weighted by atomic mass is 19.1. The van der Waals surface area contributed by atoms with Crippen LogP contribution in [0, 0.1) is 5.82 Å². The Labute approximate surface area is 222 Å². The van der Waals surface area contributed by atoms with Crippen LogP contribution >= 0.6 is 0 Å². The van der Waals surface area contributed by atoms with Gasteiger partial charge in [-0.25, -0.2) is 14.2 Å². The standard InChI is InChI=1S/C28H34FN7O2/c1-2-38-28(37)36-16-14-35(15-17-36)24-10-8-22(9-11-24)32-27-30-18-25(29)26(33-27)31-23-12-13-34(20-23)19-21-6-4-3-5-7-21/h3-11,18,23H,2,12-17,19-20H2,1H3,(H2,30,31,32,33). The zero-order valence-electron chi connectivity index (χ0n) is 21.6. The van der Waals surface area contributed by atoms with Crippen molar-refractivity contribution in [2.24, 2.45) is 0 Å². The van der Waals surface area contributed by atoms with Gasteiger partial charge in [0.25, 0.3) is 0 Å². The summed E-state index contributed by atoms with van der Waals surface area (Å²) in [6.07, 6.45) is 1.87. The molecule has 2 fully saturated rings. The van der Waals surface area contributed by atoms with E-state index in [1.165, 1.54) is 11.8 Å². The molecule has 1 unspecified atom stereocenters. The fraction of sp³-hybridized carbons (Fsp3) is 0.393. The van der Waals surface area contributed by atoms with E-state index in [0.29, 0.717) is 25.6 Å². The Balaban J connectivity index is 1.14. The summed E-state index contributed by atoms with van der Waals surface area (Å²) < 4.78 is 19.6. The number of halogens is 1. The van der Waals surface area contributed by atoms with Crippen molar-refractivity contribution < 1.29 is 13.9 Å². The molecule has 38 heavy (non-hydrogen) atoms. The molecule has 5 rings (SSSR count). The van der Waals surface area contributed by atoms with E-state index in [4.69, 9.17) is 4.74 Å². The Morgan fingerprint density at radius 3 is 2.55 bits per heavy atom. The number of nitrogens with zero attached hydrogens (tertiary/aromatic N) is 5. The number of carbonyl (C=O) groups is 1. The van der Waals surface area contributed by atoms with Gasteiger partial charge in [0.2, 0.25) is 5.95 Å². The average Bonchev–Trinajstić information content (AvgIpc) is 3.38. The van der Waals surface area contributed by atoms with Crippen LogP contribution in [-0.4, -0.2) is 77.8 Å². The molecule has 1 aromatic heterocycles. The van der Waals surface area contributed by atoms with Gasteiger partial charge in [-0.2, -0.15) is 4.98 Å². The molecule has 1 amide bonds. The van der Waals surface area contributed by atoms with Gasteiger partial charge in [0, 0.05) is 63.2 Å². The summed E-state index contributed by atoms with van der Waals surface area (Å²) in [6, 6.07) is 18.4.